The molecule has 4 atom stereocenters. The molecule has 0 unspecified atom stereocenters. The molecule has 2 aliphatic heterocycles. The molecule has 2 aromatic rings. The first kappa shape index (κ1) is 26.0. The number of hydrogen-bond acceptors (Lipinski definition) is 3. The van der Waals surface area contributed by atoms with Crippen molar-refractivity contribution in [2.75, 3.05) is 26.2 Å². The number of ether oxygens (including phenoxy) is 2. The third-order valence-corrected chi connectivity index (χ3v) is 6.87. The summed E-state index contributed by atoms with van der Waals surface area (Å²) in [5, 5.41) is 0. The van der Waals surface area contributed by atoms with Gasteiger partial charge in [-0.2, -0.15) is 26.3 Å². The molecule has 0 aliphatic carbocycles. The Hall–Kier alpha value is -2.10. The highest BCUT2D eigenvalue weighted by Crippen LogP contribution is 2.41. The molecule has 0 radical (unpaired) electrons. The molecule has 0 saturated carbocycles. The van der Waals surface area contributed by atoms with Gasteiger partial charge in [0.25, 0.3) is 0 Å². The maximum atomic E-state index is 13.3. The number of halogens is 6. The van der Waals surface area contributed by atoms with Gasteiger partial charge in [-0.15, -0.1) is 0 Å². The molecule has 2 aliphatic rings. The molecule has 2 aromatic carbocycles. The van der Waals surface area contributed by atoms with Crippen LogP contribution in [0, 0.1) is 5.92 Å². The standard InChI is InChI=1S/C26H29F6NO2/c1-17(20-13-21(25(27,28)29)15-22(14-20)26(30,31)32)35-24-23(18-7-3-2-4-8-18)19(9-12-34-24)16-33-10-5-6-11-33/h2-4,7-8,13-15,17,19,23-24H,5-6,9-12,16H2,1H3/t17-,19-,23-,24-/m1/s1. The molecule has 2 heterocycles. The van der Waals surface area contributed by atoms with Crippen LogP contribution in [0.1, 0.15) is 60.5 Å². The number of alkyl halides is 6. The topological polar surface area (TPSA) is 21.7 Å². The zero-order chi connectivity index (χ0) is 25.2. The Balaban J connectivity index is 1.62. The molecule has 2 saturated heterocycles. The largest absolute Gasteiger partial charge is 0.416 e. The highest BCUT2D eigenvalue weighted by Gasteiger charge is 2.40. The van der Waals surface area contributed by atoms with E-state index in [1.807, 2.05) is 30.3 Å². The van der Waals surface area contributed by atoms with E-state index in [0.717, 1.165) is 56.6 Å². The lowest BCUT2D eigenvalue weighted by Gasteiger charge is -2.41. The third-order valence-electron chi connectivity index (χ3n) is 6.87. The van der Waals surface area contributed by atoms with Crippen LogP contribution in [0.25, 0.3) is 0 Å². The molecule has 4 rings (SSSR count). The van der Waals surface area contributed by atoms with Crippen molar-refractivity contribution in [2.24, 2.45) is 5.92 Å². The van der Waals surface area contributed by atoms with Crippen LogP contribution >= 0.6 is 0 Å². The van der Waals surface area contributed by atoms with Crippen molar-refractivity contribution < 1.29 is 35.8 Å². The van der Waals surface area contributed by atoms with E-state index in [0.29, 0.717) is 6.61 Å². The van der Waals surface area contributed by atoms with Gasteiger partial charge in [0.1, 0.15) is 0 Å². The fourth-order valence-electron chi connectivity index (χ4n) is 5.06. The van der Waals surface area contributed by atoms with E-state index in [4.69, 9.17) is 9.47 Å². The zero-order valence-corrected chi connectivity index (χ0v) is 19.4. The Bertz CT molecular complexity index is 940. The maximum Gasteiger partial charge on any atom is 0.416 e. The minimum Gasteiger partial charge on any atom is -0.352 e. The first-order valence-corrected chi connectivity index (χ1v) is 11.9. The van der Waals surface area contributed by atoms with Crippen molar-refractivity contribution in [3.05, 3.63) is 70.8 Å². The molecule has 3 nitrogen and oxygen atoms in total. The summed E-state index contributed by atoms with van der Waals surface area (Å²) in [6.07, 6.45) is -8.57. The average Bonchev–Trinajstić information content (AvgIpc) is 3.31. The van der Waals surface area contributed by atoms with Gasteiger partial charge < -0.3 is 14.4 Å². The quantitative estimate of drug-likeness (QED) is 0.396. The smallest absolute Gasteiger partial charge is 0.352 e. The summed E-state index contributed by atoms with van der Waals surface area (Å²) < 4.78 is 92.1. The van der Waals surface area contributed by atoms with Crippen molar-refractivity contribution in [1.82, 2.24) is 4.90 Å². The van der Waals surface area contributed by atoms with E-state index >= 15 is 0 Å². The lowest BCUT2D eigenvalue weighted by molar-refractivity contribution is -0.210. The van der Waals surface area contributed by atoms with Crippen LogP contribution in [0.4, 0.5) is 26.3 Å². The number of rotatable bonds is 6. The molecule has 35 heavy (non-hydrogen) atoms. The van der Waals surface area contributed by atoms with E-state index in [1.165, 1.54) is 6.92 Å². The van der Waals surface area contributed by atoms with Crippen molar-refractivity contribution in [3.8, 4) is 0 Å². The van der Waals surface area contributed by atoms with Crippen molar-refractivity contribution >= 4 is 0 Å². The normalized spacial score (nSPS) is 25.1. The molecule has 9 heteroatoms. The van der Waals surface area contributed by atoms with E-state index in [2.05, 4.69) is 4.90 Å². The van der Waals surface area contributed by atoms with Gasteiger partial charge >= 0.3 is 12.4 Å². The molecule has 2 fully saturated rings. The molecule has 0 bridgehead atoms. The summed E-state index contributed by atoms with van der Waals surface area (Å²) in [4.78, 5) is 2.40. The van der Waals surface area contributed by atoms with Gasteiger partial charge in [0.2, 0.25) is 0 Å². The van der Waals surface area contributed by atoms with Gasteiger partial charge in [0, 0.05) is 12.5 Å². The molecule has 0 amide bonds. The summed E-state index contributed by atoms with van der Waals surface area (Å²) in [7, 11) is 0. The van der Waals surface area contributed by atoms with Gasteiger partial charge in [-0.25, -0.2) is 0 Å². The van der Waals surface area contributed by atoms with E-state index in [-0.39, 0.29) is 23.5 Å². The highest BCUT2D eigenvalue weighted by molar-refractivity contribution is 5.34. The van der Waals surface area contributed by atoms with Crippen LogP contribution in [0.5, 0.6) is 0 Å². The lowest BCUT2D eigenvalue weighted by atomic mass is 9.81. The van der Waals surface area contributed by atoms with E-state index < -0.39 is 35.9 Å². The Morgan fingerprint density at radius 2 is 1.54 bits per heavy atom. The van der Waals surface area contributed by atoms with E-state index in [9.17, 15) is 26.3 Å². The van der Waals surface area contributed by atoms with Gasteiger partial charge in [0.05, 0.1) is 23.8 Å². The number of hydrogen-bond donors (Lipinski definition) is 0. The molecule has 192 valence electrons. The first-order valence-electron chi connectivity index (χ1n) is 11.9. The molecular weight excluding hydrogens is 472 g/mol. The predicted octanol–water partition coefficient (Wildman–Crippen LogP) is 7.04. The second-order valence-electron chi connectivity index (χ2n) is 9.35. The van der Waals surface area contributed by atoms with Crippen molar-refractivity contribution in [1.29, 1.82) is 0 Å². The van der Waals surface area contributed by atoms with Crippen LogP contribution in [0.15, 0.2) is 48.5 Å². The molecule has 0 aromatic heterocycles. The number of nitrogens with zero attached hydrogens (tertiary/aromatic N) is 1. The molecular formula is C26H29F6NO2. The fraction of sp³-hybridized carbons (Fsp3) is 0.538. The Kier molecular flexibility index (Phi) is 7.78. The zero-order valence-electron chi connectivity index (χ0n) is 19.4. The average molecular weight is 502 g/mol. The van der Waals surface area contributed by atoms with E-state index in [1.54, 1.807) is 0 Å². The summed E-state index contributed by atoms with van der Waals surface area (Å²) in [6.45, 7) is 4.76. The SMILES string of the molecule is C[C@@H](O[C@H]1OCC[C@H](CN2CCCC2)[C@H]1c1ccccc1)c1cc(C(F)(F)F)cc(C(F)(F)F)c1. The van der Waals surface area contributed by atoms with Gasteiger partial charge in [-0.1, -0.05) is 30.3 Å². The highest BCUT2D eigenvalue weighted by atomic mass is 19.4. The number of benzene rings is 2. The third kappa shape index (κ3) is 6.37. The Morgan fingerprint density at radius 1 is 0.943 bits per heavy atom. The van der Waals surface area contributed by atoms with Gasteiger partial charge in [-0.3, -0.25) is 0 Å². The summed E-state index contributed by atoms with van der Waals surface area (Å²) >= 11 is 0. The minimum absolute atomic E-state index is 0.131. The maximum absolute atomic E-state index is 13.3. The summed E-state index contributed by atoms with van der Waals surface area (Å²) in [6, 6.07) is 11.2. The number of likely N-dealkylation sites (tertiary alicyclic amines) is 1. The van der Waals surface area contributed by atoms with Crippen LogP contribution in [0.2, 0.25) is 0 Å². The second-order valence-corrected chi connectivity index (χ2v) is 9.35. The predicted molar refractivity (Wildman–Crippen MR) is 119 cm³/mol. The molecule has 0 N–H and O–H groups in total. The Morgan fingerprint density at radius 3 is 2.11 bits per heavy atom. The summed E-state index contributed by atoms with van der Waals surface area (Å²) in [5.74, 6) is -0.00502. The van der Waals surface area contributed by atoms with Crippen LogP contribution in [-0.4, -0.2) is 37.4 Å². The summed E-state index contributed by atoms with van der Waals surface area (Å²) in [5.41, 5.74) is -1.92. The van der Waals surface area contributed by atoms with Crippen LogP contribution < -0.4 is 0 Å². The van der Waals surface area contributed by atoms with Crippen molar-refractivity contribution in [3.63, 3.8) is 0 Å². The Labute approximate surface area is 201 Å². The lowest BCUT2D eigenvalue weighted by Crippen LogP contribution is -2.42. The molecule has 0 spiro atoms. The monoisotopic (exact) mass is 501 g/mol. The first-order chi connectivity index (χ1) is 16.5. The van der Waals surface area contributed by atoms with Gasteiger partial charge in [0.15, 0.2) is 6.29 Å². The van der Waals surface area contributed by atoms with Crippen LogP contribution in [0.3, 0.4) is 0 Å². The van der Waals surface area contributed by atoms with Crippen molar-refractivity contribution in [2.45, 2.75) is 56.9 Å². The fourth-order valence-corrected chi connectivity index (χ4v) is 5.06. The van der Waals surface area contributed by atoms with Gasteiger partial charge in [-0.05, 0) is 74.5 Å². The second kappa shape index (κ2) is 10.5. The van der Waals surface area contributed by atoms with Crippen LogP contribution in [-0.2, 0) is 21.8 Å². The minimum atomic E-state index is -4.91.